The second-order valence-electron chi connectivity index (χ2n) is 13.1. The molecule has 4 rings (SSSR count). The normalized spacial score (nSPS) is 19.6. The van der Waals surface area contributed by atoms with Crippen LogP contribution >= 0.6 is 0 Å². The van der Waals surface area contributed by atoms with E-state index in [0.29, 0.717) is 30.9 Å². The van der Waals surface area contributed by atoms with Crippen LogP contribution in [-0.2, 0) is 22.1 Å². The summed E-state index contributed by atoms with van der Waals surface area (Å²) in [6, 6.07) is 17.3. The number of urea groups is 1. The SMILES string of the molecule is C[C@@H]1CCCCO[C@@H](CN(C)C(=O)Nc2ccc(C(F)(F)F)cc2)[C@H](C)CN([C@@H](C)CO)C(=O)c2cc(NC(=O)Cc3ccccc3)ccc2O1. The monoisotopic (exact) mass is 712 g/mol. The number of rotatable bonds is 8. The summed E-state index contributed by atoms with van der Waals surface area (Å²) in [5.74, 6) is -0.622. The summed E-state index contributed by atoms with van der Waals surface area (Å²) >= 11 is 0. The van der Waals surface area contributed by atoms with E-state index in [1.807, 2.05) is 44.2 Å². The van der Waals surface area contributed by atoms with Crippen LogP contribution in [0.15, 0.2) is 72.8 Å². The van der Waals surface area contributed by atoms with Crippen LogP contribution < -0.4 is 15.4 Å². The molecule has 276 valence electrons. The molecule has 0 saturated heterocycles. The summed E-state index contributed by atoms with van der Waals surface area (Å²) in [6.45, 7) is 5.88. The van der Waals surface area contributed by atoms with Gasteiger partial charge in [0.25, 0.3) is 5.91 Å². The molecule has 0 saturated carbocycles. The van der Waals surface area contributed by atoms with Gasteiger partial charge in [-0.3, -0.25) is 9.59 Å². The van der Waals surface area contributed by atoms with Gasteiger partial charge in [-0.15, -0.1) is 0 Å². The smallest absolute Gasteiger partial charge is 0.416 e. The van der Waals surface area contributed by atoms with Crippen LogP contribution in [0.1, 0.15) is 61.5 Å². The van der Waals surface area contributed by atoms with Crippen molar-refractivity contribution in [3.8, 4) is 5.75 Å². The number of ether oxygens (including phenoxy) is 2. The Morgan fingerprint density at radius 1 is 1.00 bits per heavy atom. The molecule has 1 heterocycles. The molecule has 51 heavy (non-hydrogen) atoms. The molecule has 1 aliphatic rings. The number of likely N-dealkylation sites (N-methyl/N-ethyl adjacent to an activating group) is 1. The highest BCUT2D eigenvalue weighted by Gasteiger charge is 2.32. The van der Waals surface area contributed by atoms with Crippen LogP contribution in [0.5, 0.6) is 5.75 Å². The molecule has 3 N–H and O–H groups in total. The quantitative estimate of drug-likeness (QED) is 0.235. The van der Waals surface area contributed by atoms with E-state index in [1.54, 1.807) is 32.2 Å². The van der Waals surface area contributed by atoms with E-state index in [-0.39, 0.29) is 55.3 Å². The molecular weight excluding hydrogens is 665 g/mol. The molecule has 0 bridgehead atoms. The van der Waals surface area contributed by atoms with E-state index >= 15 is 0 Å². The minimum atomic E-state index is -4.49. The van der Waals surface area contributed by atoms with E-state index < -0.39 is 35.8 Å². The molecular formula is C38H47F3N4O6. The maximum Gasteiger partial charge on any atom is 0.416 e. The van der Waals surface area contributed by atoms with Crippen LogP contribution in [0.3, 0.4) is 0 Å². The second kappa shape index (κ2) is 18.0. The largest absolute Gasteiger partial charge is 0.490 e. The van der Waals surface area contributed by atoms with Crippen molar-refractivity contribution in [2.24, 2.45) is 5.92 Å². The molecule has 4 amide bonds. The molecule has 1 aliphatic heterocycles. The Labute approximate surface area is 296 Å². The Hall–Kier alpha value is -4.62. The van der Waals surface area contributed by atoms with E-state index in [4.69, 9.17) is 9.47 Å². The summed E-state index contributed by atoms with van der Waals surface area (Å²) in [7, 11) is 1.56. The van der Waals surface area contributed by atoms with Crippen molar-refractivity contribution in [3.63, 3.8) is 0 Å². The van der Waals surface area contributed by atoms with Crippen molar-refractivity contribution in [1.29, 1.82) is 0 Å². The summed E-state index contributed by atoms with van der Waals surface area (Å²) in [4.78, 5) is 43.3. The number of halogens is 3. The minimum Gasteiger partial charge on any atom is -0.490 e. The number of aliphatic hydroxyl groups is 1. The number of carbonyl (C=O) groups excluding carboxylic acids is 3. The van der Waals surface area contributed by atoms with E-state index in [0.717, 1.165) is 24.1 Å². The number of hydrogen-bond donors (Lipinski definition) is 3. The molecule has 0 spiro atoms. The fraction of sp³-hybridized carbons (Fsp3) is 0.447. The standard InChI is InChI=1S/C38H47F3N4O6/c1-25-22-45(26(2)24-46)36(48)32-21-31(42-35(47)20-28-11-6-5-7-12-28)17-18-33(32)51-27(3)10-8-9-19-50-34(25)23-44(4)37(49)43-30-15-13-29(14-16-30)38(39,40)41/h5-7,11-18,21,25-27,34,46H,8-10,19-20,22-24H2,1-4H3,(H,42,47)(H,43,49)/t25-,26+,27-,34+/m1/s1. The van der Waals surface area contributed by atoms with Gasteiger partial charge in [-0.1, -0.05) is 37.3 Å². The molecule has 0 aliphatic carbocycles. The van der Waals surface area contributed by atoms with Crippen LogP contribution in [0.2, 0.25) is 0 Å². The van der Waals surface area contributed by atoms with E-state index in [2.05, 4.69) is 10.6 Å². The predicted octanol–water partition coefficient (Wildman–Crippen LogP) is 6.85. The van der Waals surface area contributed by atoms with Gasteiger partial charge < -0.3 is 35.0 Å². The summed E-state index contributed by atoms with van der Waals surface area (Å²) in [5, 5.41) is 15.7. The number of carbonyl (C=O) groups is 3. The average molecular weight is 713 g/mol. The maximum absolute atomic E-state index is 14.4. The van der Waals surface area contributed by atoms with Crippen molar-refractivity contribution < 1.29 is 42.1 Å². The highest BCUT2D eigenvalue weighted by Crippen LogP contribution is 2.31. The molecule has 4 atom stereocenters. The first-order valence-corrected chi connectivity index (χ1v) is 17.1. The molecule has 3 aromatic carbocycles. The van der Waals surface area contributed by atoms with Crippen molar-refractivity contribution in [3.05, 3.63) is 89.5 Å². The Kier molecular flexibility index (Phi) is 13.9. The van der Waals surface area contributed by atoms with Gasteiger partial charge in [-0.2, -0.15) is 13.2 Å². The molecule has 0 radical (unpaired) electrons. The lowest BCUT2D eigenvalue weighted by Crippen LogP contribution is -2.48. The zero-order chi connectivity index (χ0) is 37.1. The van der Waals surface area contributed by atoms with Crippen molar-refractivity contribution in [2.45, 2.75) is 70.9 Å². The van der Waals surface area contributed by atoms with Gasteiger partial charge >= 0.3 is 12.2 Å². The van der Waals surface area contributed by atoms with Gasteiger partial charge in [-0.05, 0) is 81.1 Å². The summed E-state index contributed by atoms with van der Waals surface area (Å²) in [6.07, 6.45) is -2.94. The van der Waals surface area contributed by atoms with Gasteiger partial charge in [0.15, 0.2) is 0 Å². The molecule has 3 aromatic rings. The molecule has 13 heteroatoms. The average Bonchev–Trinajstić information content (AvgIpc) is 3.09. The fourth-order valence-corrected chi connectivity index (χ4v) is 5.76. The Morgan fingerprint density at radius 3 is 2.35 bits per heavy atom. The number of nitrogens with one attached hydrogen (secondary N) is 2. The van der Waals surface area contributed by atoms with Crippen molar-refractivity contribution in [1.82, 2.24) is 9.80 Å². The zero-order valence-corrected chi connectivity index (χ0v) is 29.4. The number of benzene rings is 3. The van der Waals surface area contributed by atoms with Gasteiger partial charge in [0.05, 0.1) is 42.4 Å². The first-order chi connectivity index (χ1) is 24.2. The lowest BCUT2D eigenvalue weighted by atomic mass is 10.0. The lowest BCUT2D eigenvalue weighted by Gasteiger charge is -2.35. The van der Waals surface area contributed by atoms with Gasteiger partial charge in [-0.25, -0.2) is 4.79 Å². The second-order valence-corrected chi connectivity index (χ2v) is 13.1. The first kappa shape index (κ1) is 39.2. The number of amides is 4. The predicted molar refractivity (Wildman–Crippen MR) is 189 cm³/mol. The Morgan fingerprint density at radius 2 is 1.69 bits per heavy atom. The van der Waals surface area contributed by atoms with E-state index in [9.17, 15) is 32.7 Å². The van der Waals surface area contributed by atoms with E-state index in [1.165, 1.54) is 21.9 Å². The summed E-state index contributed by atoms with van der Waals surface area (Å²) in [5.41, 5.74) is 0.887. The number of anilines is 2. The number of hydrogen-bond acceptors (Lipinski definition) is 6. The number of alkyl halides is 3. The first-order valence-electron chi connectivity index (χ1n) is 17.1. The summed E-state index contributed by atoms with van der Waals surface area (Å²) < 4.78 is 51.5. The van der Waals surface area contributed by atoms with Crippen LogP contribution in [0.4, 0.5) is 29.3 Å². The lowest BCUT2D eigenvalue weighted by molar-refractivity contribution is -0.137. The molecule has 0 unspecified atom stereocenters. The van der Waals surface area contributed by atoms with Gasteiger partial charge in [0, 0.05) is 44.0 Å². The zero-order valence-electron chi connectivity index (χ0n) is 29.4. The Bertz CT molecular complexity index is 1610. The van der Waals surface area contributed by atoms with Crippen molar-refractivity contribution >= 4 is 29.2 Å². The van der Waals surface area contributed by atoms with Crippen LogP contribution in [0.25, 0.3) is 0 Å². The third kappa shape index (κ3) is 11.4. The highest BCUT2D eigenvalue weighted by molar-refractivity contribution is 6.00. The number of aliphatic hydroxyl groups excluding tert-OH is 1. The fourth-order valence-electron chi connectivity index (χ4n) is 5.76. The van der Waals surface area contributed by atoms with Gasteiger partial charge in [0.2, 0.25) is 5.91 Å². The molecule has 0 fully saturated rings. The minimum absolute atomic E-state index is 0.122. The van der Waals surface area contributed by atoms with Crippen LogP contribution in [0, 0.1) is 5.92 Å². The third-order valence-electron chi connectivity index (χ3n) is 8.81. The number of fused-ring (bicyclic) bond motifs is 1. The van der Waals surface area contributed by atoms with Gasteiger partial charge in [0.1, 0.15) is 5.75 Å². The maximum atomic E-state index is 14.4. The Balaban J connectivity index is 1.55. The third-order valence-corrected chi connectivity index (χ3v) is 8.81. The van der Waals surface area contributed by atoms with Crippen LogP contribution in [-0.4, -0.2) is 84.4 Å². The number of nitrogens with zero attached hydrogens (tertiary/aromatic N) is 2. The topological polar surface area (TPSA) is 120 Å². The molecule has 0 aromatic heterocycles. The molecule has 10 nitrogen and oxygen atoms in total. The van der Waals surface area contributed by atoms with Crippen molar-refractivity contribution in [2.75, 3.05) is 44.0 Å². The highest BCUT2D eigenvalue weighted by atomic mass is 19.4.